The van der Waals surface area contributed by atoms with Crippen LogP contribution in [0.5, 0.6) is 5.75 Å². The van der Waals surface area contributed by atoms with Crippen LogP contribution in [0.1, 0.15) is 13.3 Å². The van der Waals surface area contributed by atoms with E-state index < -0.39 is 0 Å². The molecule has 0 aliphatic carbocycles. The quantitative estimate of drug-likeness (QED) is 0.796. The predicted molar refractivity (Wildman–Crippen MR) is 70.8 cm³/mol. The normalized spacial score (nSPS) is 11.9. The molecule has 0 fully saturated rings. The molecule has 0 bridgehead atoms. The number of halogens is 1. The lowest BCUT2D eigenvalue weighted by Gasteiger charge is -2.10. The molecule has 1 unspecified atom stereocenters. The van der Waals surface area contributed by atoms with Crippen LogP contribution in [-0.2, 0) is 4.79 Å². The van der Waals surface area contributed by atoms with Crippen molar-refractivity contribution in [2.75, 3.05) is 19.8 Å². The van der Waals surface area contributed by atoms with Gasteiger partial charge in [0.25, 0.3) is 0 Å². The van der Waals surface area contributed by atoms with E-state index in [1.165, 1.54) is 0 Å². The van der Waals surface area contributed by atoms with Crippen molar-refractivity contribution in [2.45, 2.75) is 13.3 Å². The van der Waals surface area contributed by atoms with Gasteiger partial charge in [-0.15, -0.1) is 0 Å². The van der Waals surface area contributed by atoms with Crippen LogP contribution in [0.15, 0.2) is 24.3 Å². The molecule has 0 aliphatic rings. The number of benzene rings is 1. The highest BCUT2D eigenvalue weighted by molar-refractivity contribution is 6.30. The van der Waals surface area contributed by atoms with E-state index in [1.807, 2.05) is 6.92 Å². The van der Waals surface area contributed by atoms with Gasteiger partial charge in [-0.3, -0.25) is 4.79 Å². The Kier molecular flexibility index (Phi) is 6.54. The third-order valence-electron chi connectivity index (χ3n) is 2.35. The molecule has 2 N–H and O–H groups in total. The predicted octanol–water partition coefficient (Wildman–Crippen LogP) is 1.85. The first kappa shape index (κ1) is 14.8. The molecule has 0 spiro atoms. The molecule has 0 saturated heterocycles. The van der Waals surface area contributed by atoms with Crippen LogP contribution in [-0.4, -0.2) is 30.8 Å². The summed E-state index contributed by atoms with van der Waals surface area (Å²) in [6.07, 6.45) is 0.282. The zero-order valence-corrected chi connectivity index (χ0v) is 11.1. The van der Waals surface area contributed by atoms with Gasteiger partial charge in [-0.1, -0.05) is 24.6 Å². The van der Waals surface area contributed by atoms with Gasteiger partial charge in [-0.05, 0) is 24.1 Å². The Balaban J connectivity index is 2.19. The molecule has 1 aromatic rings. The van der Waals surface area contributed by atoms with Crippen molar-refractivity contribution >= 4 is 17.5 Å². The summed E-state index contributed by atoms with van der Waals surface area (Å²) >= 11 is 5.80. The minimum atomic E-state index is -0.0858. The summed E-state index contributed by atoms with van der Waals surface area (Å²) in [5.74, 6) is 0.638. The third kappa shape index (κ3) is 5.89. The van der Waals surface area contributed by atoms with Crippen molar-refractivity contribution in [3.05, 3.63) is 29.3 Å². The van der Waals surface area contributed by atoms with Crippen molar-refractivity contribution in [1.29, 1.82) is 0 Å². The van der Waals surface area contributed by atoms with Gasteiger partial charge < -0.3 is 15.2 Å². The summed E-state index contributed by atoms with van der Waals surface area (Å²) in [4.78, 5) is 11.4. The highest BCUT2D eigenvalue weighted by Gasteiger charge is 2.05. The molecule has 4 nitrogen and oxygen atoms in total. The van der Waals surface area contributed by atoms with Crippen molar-refractivity contribution < 1.29 is 14.6 Å². The standard InChI is InChI=1S/C13H18ClNO3/c1-10(9-16)8-15-13(17)5-6-18-12-4-2-3-11(14)7-12/h2-4,7,10,16H,5-6,8-9H2,1H3,(H,15,17). The van der Waals surface area contributed by atoms with Gasteiger partial charge in [-0.25, -0.2) is 0 Å². The summed E-state index contributed by atoms with van der Waals surface area (Å²) in [5, 5.41) is 12.1. The van der Waals surface area contributed by atoms with Crippen LogP contribution in [0.3, 0.4) is 0 Å². The number of nitrogens with one attached hydrogen (secondary N) is 1. The number of amides is 1. The van der Waals surface area contributed by atoms with Crippen LogP contribution >= 0.6 is 11.6 Å². The Labute approximate surface area is 112 Å². The molecule has 0 radical (unpaired) electrons. The van der Waals surface area contributed by atoms with E-state index in [9.17, 15) is 4.79 Å². The van der Waals surface area contributed by atoms with Crippen molar-refractivity contribution in [3.8, 4) is 5.75 Å². The van der Waals surface area contributed by atoms with Gasteiger partial charge in [0, 0.05) is 18.2 Å². The first-order valence-corrected chi connectivity index (χ1v) is 6.25. The van der Waals surface area contributed by atoms with Crippen molar-refractivity contribution in [2.24, 2.45) is 5.92 Å². The largest absolute Gasteiger partial charge is 0.493 e. The number of hydrogen-bond acceptors (Lipinski definition) is 3. The fourth-order valence-corrected chi connectivity index (χ4v) is 1.44. The van der Waals surface area contributed by atoms with Gasteiger partial charge in [0.15, 0.2) is 0 Å². The highest BCUT2D eigenvalue weighted by atomic mass is 35.5. The second kappa shape index (κ2) is 7.95. The maximum Gasteiger partial charge on any atom is 0.223 e. The molecule has 0 heterocycles. The van der Waals surface area contributed by atoms with E-state index in [1.54, 1.807) is 24.3 Å². The second-order valence-corrected chi connectivity index (χ2v) is 4.58. The topological polar surface area (TPSA) is 58.6 Å². The highest BCUT2D eigenvalue weighted by Crippen LogP contribution is 2.16. The molecule has 18 heavy (non-hydrogen) atoms. The Bertz CT molecular complexity index is 384. The van der Waals surface area contributed by atoms with Crippen LogP contribution in [0.25, 0.3) is 0 Å². The van der Waals surface area contributed by atoms with Gasteiger partial charge >= 0.3 is 0 Å². The Hall–Kier alpha value is -1.26. The third-order valence-corrected chi connectivity index (χ3v) is 2.59. The monoisotopic (exact) mass is 271 g/mol. The summed E-state index contributed by atoms with van der Waals surface area (Å²) in [6.45, 7) is 2.72. The van der Waals surface area contributed by atoms with Gasteiger partial charge in [-0.2, -0.15) is 0 Å². The molecule has 1 amide bonds. The minimum absolute atomic E-state index is 0.0687. The second-order valence-electron chi connectivity index (χ2n) is 4.15. The summed E-state index contributed by atoms with van der Waals surface area (Å²) in [7, 11) is 0. The van der Waals surface area contributed by atoms with Crippen molar-refractivity contribution in [3.63, 3.8) is 0 Å². The molecule has 1 rings (SSSR count). The maximum atomic E-state index is 11.4. The molecule has 1 aromatic carbocycles. The molecular formula is C13H18ClNO3. The number of aliphatic hydroxyl groups is 1. The van der Waals surface area contributed by atoms with Crippen LogP contribution in [0, 0.1) is 5.92 Å². The minimum Gasteiger partial charge on any atom is -0.493 e. The Morgan fingerprint density at radius 1 is 1.56 bits per heavy atom. The lowest BCUT2D eigenvalue weighted by molar-refractivity contribution is -0.121. The lowest BCUT2D eigenvalue weighted by Crippen LogP contribution is -2.30. The molecule has 100 valence electrons. The van der Waals surface area contributed by atoms with Crippen LogP contribution in [0.4, 0.5) is 0 Å². The number of rotatable bonds is 7. The molecular weight excluding hydrogens is 254 g/mol. The van der Waals surface area contributed by atoms with Crippen molar-refractivity contribution in [1.82, 2.24) is 5.32 Å². The first-order chi connectivity index (χ1) is 8.61. The first-order valence-electron chi connectivity index (χ1n) is 5.87. The van der Waals surface area contributed by atoms with E-state index in [-0.39, 0.29) is 24.9 Å². The van der Waals surface area contributed by atoms with Crippen LogP contribution in [0.2, 0.25) is 5.02 Å². The molecule has 1 atom stereocenters. The number of carbonyl (C=O) groups excluding carboxylic acids is 1. The Morgan fingerprint density at radius 3 is 3.00 bits per heavy atom. The average molecular weight is 272 g/mol. The average Bonchev–Trinajstić information content (AvgIpc) is 2.36. The zero-order valence-electron chi connectivity index (χ0n) is 10.4. The number of aliphatic hydroxyl groups excluding tert-OH is 1. The Morgan fingerprint density at radius 2 is 2.33 bits per heavy atom. The van der Waals surface area contributed by atoms with E-state index in [2.05, 4.69) is 5.32 Å². The van der Waals surface area contributed by atoms with E-state index in [4.69, 9.17) is 21.4 Å². The number of hydrogen-bond donors (Lipinski definition) is 2. The van der Waals surface area contributed by atoms with E-state index in [0.29, 0.717) is 23.9 Å². The number of carbonyl (C=O) groups is 1. The zero-order chi connectivity index (χ0) is 13.4. The van der Waals surface area contributed by atoms with E-state index in [0.717, 1.165) is 0 Å². The molecule has 0 saturated carbocycles. The molecule has 0 aromatic heterocycles. The summed E-state index contributed by atoms with van der Waals surface area (Å²) in [5.41, 5.74) is 0. The van der Waals surface area contributed by atoms with Gasteiger partial charge in [0.2, 0.25) is 5.91 Å². The van der Waals surface area contributed by atoms with Crippen LogP contribution < -0.4 is 10.1 Å². The fourth-order valence-electron chi connectivity index (χ4n) is 1.26. The molecule has 5 heteroatoms. The maximum absolute atomic E-state index is 11.4. The summed E-state index contributed by atoms with van der Waals surface area (Å²) < 4.78 is 5.40. The molecule has 0 aliphatic heterocycles. The lowest BCUT2D eigenvalue weighted by atomic mass is 10.2. The SMILES string of the molecule is CC(CO)CNC(=O)CCOc1cccc(Cl)c1. The smallest absolute Gasteiger partial charge is 0.223 e. The number of ether oxygens (including phenoxy) is 1. The van der Waals surface area contributed by atoms with Gasteiger partial charge in [0.05, 0.1) is 13.0 Å². The van der Waals surface area contributed by atoms with E-state index >= 15 is 0 Å². The summed E-state index contributed by atoms with van der Waals surface area (Å²) in [6, 6.07) is 7.04. The van der Waals surface area contributed by atoms with Gasteiger partial charge in [0.1, 0.15) is 5.75 Å². The fraction of sp³-hybridized carbons (Fsp3) is 0.462.